The highest BCUT2D eigenvalue weighted by molar-refractivity contribution is 5.79. The molecule has 0 radical (unpaired) electrons. The Labute approximate surface area is 188 Å². The lowest BCUT2D eigenvalue weighted by Gasteiger charge is -2.14. The first kappa shape index (κ1) is 20.8. The van der Waals surface area contributed by atoms with Gasteiger partial charge in [-0.05, 0) is 35.7 Å². The fourth-order valence-corrected chi connectivity index (χ4v) is 3.84. The van der Waals surface area contributed by atoms with Gasteiger partial charge < -0.3 is 0 Å². The average Bonchev–Trinajstić information content (AvgIpc) is 3.23. The first-order chi connectivity index (χ1) is 15.9. The molecule has 0 aliphatic heterocycles. The number of hydrogen-bond donors (Lipinski definition) is 0. The molecular weight excluding hydrogens is 422 g/mol. The third-order valence-electron chi connectivity index (χ3n) is 5.54. The van der Waals surface area contributed by atoms with E-state index in [4.69, 9.17) is 4.98 Å². The van der Waals surface area contributed by atoms with Crippen LogP contribution in [0.25, 0.3) is 33.8 Å². The highest BCUT2D eigenvalue weighted by atomic mass is 19.1. The van der Waals surface area contributed by atoms with Crippen LogP contribution in [-0.4, -0.2) is 19.3 Å². The fourth-order valence-electron chi connectivity index (χ4n) is 3.84. The van der Waals surface area contributed by atoms with Gasteiger partial charge in [0.2, 0.25) is 0 Å². The third kappa shape index (κ3) is 3.71. The van der Waals surface area contributed by atoms with E-state index in [1.807, 2.05) is 54.6 Å². The average molecular weight is 442 g/mol. The SMILES string of the molecule is CC(C)c1ccc(-c2nc3c(cnn3-c3ccccc3)c(=O)n2-c2cc(F)cc(F)c2)cc1. The van der Waals surface area contributed by atoms with Gasteiger partial charge in [-0.15, -0.1) is 0 Å². The number of nitrogens with zero attached hydrogens (tertiary/aromatic N) is 4. The van der Waals surface area contributed by atoms with Gasteiger partial charge in [0.05, 0.1) is 17.6 Å². The van der Waals surface area contributed by atoms with Crippen LogP contribution in [0.15, 0.2) is 83.8 Å². The molecular formula is C26H20F2N4O. The Morgan fingerprint density at radius 1 is 0.848 bits per heavy atom. The van der Waals surface area contributed by atoms with Gasteiger partial charge in [0.1, 0.15) is 22.8 Å². The Morgan fingerprint density at radius 3 is 2.15 bits per heavy atom. The summed E-state index contributed by atoms with van der Waals surface area (Å²) in [6.45, 7) is 4.17. The molecule has 0 aliphatic carbocycles. The summed E-state index contributed by atoms with van der Waals surface area (Å²) >= 11 is 0. The van der Waals surface area contributed by atoms with Gasteiger partial charge in [-0.25, -0.2) is 18.4 Å². The largest absolute Gasteiger partial charge is 0.269 e. The Bertz CT molecular complexity index is 1500. The molecule has 0 saturated heterocycles. The van der Waals surface area contributed by atoms with Crippen LogP contribution in [0.2, 0.25) is 0 Å². The Morgan fingerprint density at radius 2 is 1.52 bits per heavy atom. The standard InChI is InChI=1S/C26H20F2N4O/c1-16(2)17-8-10-18(11-9-17)24-30-25-23(15-29-32(25)21-6-4-3-5-7-21)26(33)31(24)22-13-19(27)12-20(28)14-22/h3-16H,1-2H3. The number of fused-ring (bicyclic) bond motifs is 1. The summed E-state index contributed by atoms with van der Waals surface area (Å²) in [6.07, 6.45) is 1.43. The molecule has 0 spiro atoms. The lowest BCUT2D eigenvalue weighted by atomic mass is 10.0. The van der Waals surface area contributed by atoms with Crippen molar-refractivity contribution in [2.24, 2.45) is 0 Å². The molecule has 5 aromatic rings. The summed E-state index contributed by atoms with van der Waals surface area (Å²) in [7, 11) is 0. The normalized spacial score (nSPS) is 11.4. The van der Waals surface area contributed by atoms with Crippen molar-refractivity contribution in [3.63, 3.8) is 0 Å². The zero-order valence-corrected chi connectivity index (χ0v) is 18.0. The summed E-state index contributed by atoms with van der Waals surface area (Å²) in [4.78, 5) is 18.4. The molecule has 164 valence electrons. The van der Waals surface area contributed by atoms with Gasteiger partial charge in [-0.2, -0.15) is 5.10 Å². The van der Waals surface area contributed by atoms with E-state index in [9.17, 15) is 13.6 Å². The lowest BCUT2D eigenvalue weighted by molar-refractivity contribution is 0.581. The Kier molecular flexibility index (Phi) is 5.09. The molecule has 0 saturated carbocycles. The summed E-state index contributed by atoms with van der Waals surface area (Å²) in [5.74, 6) is -0.963. The maximum Gasteiger partial charge on any atom is 0.269 e. The number of para-hydroxylation sites is 1. The molecule has 0 fully saturated rings. The van der Waals surface area contributed by atoms with Gasteiger partial charge >= 0.3 is 0 Å². The molecule has 2 aromatic heterocycles. The minimum Gasteiger partial charge on any atom is -0.268 e. The number of aromatic nitrogens is 4. The van der Waals surface area contributed by atoms with Crippen molar-refractivity contribution in [1.82, 2.24) is 19.3 Å². The van der Waals surface area contributed by atoms with Crippen LogP contribution in [0.1, 0.15) is 25.3 Å². The van der Waals surface area contributed by atoms with Crippen LogP contribution >= 0.6 is 0 Å². The van der Waals surface area contributed by atoms with Crippen molar-refractivity contribution in [2.75, 3.05) is 0 Å². The number of halogens is 2. The van der Waals surface area contributed by atoms with Gasteiger partial charge in [-0.1, -0.05) is 56.3 Å². The van der Waals surface area contributed by atoms with E-state index in [-0.39, 0.29) is 16.9 Å². The summed E-state index contributed by atoms with van der Waals surface area (Å²) < 4.78 is 31.0. The smallest absolute Gasteiger partial charge is 0.268 e. The predicted octanol–water partition coefficient (Wildman–Crippen LogP) is 5.64. The lowest BCUT2D eigenvalue weighted by Crippen LogP contribution is -2.22. The molecule has 7 heteroatoms. The van der Waals surface area contributed by atoms with Crippen LogP contribution in [0.5, 0.6) is 0 Å². The van der Waals surface area contributed by atoms with Crippen LogP contribution in [-0.2, 0) is 0 Å². The molecule has 0 unspecified atom stereocenters. The van der Waals surface area contributed by atoms with Gasteiger partial charge in [0, 0.05) is 11.6 Å². The summed E-state index contributed by atoms with van der Waals surface area (Å²) in [5.41, 5.74) is 2.47. The van der Waals surface area contributed by atoms with Gasteiger partial charge in [0.25, 0.3) is 5.56 Å². The molecule has 0 atom stereocenters. The molecule has 3 aromatic carbocycles. The van der Waals surface area contributed by atoms with E-state index in [1.54, 1.807) is 4.68 Å². The molecule has 0 bridgehead atoms. The Balaban J connectivity index is 1.83. The fraction of sp³-hybridized carbons (Fsp3) is 0.115. The second-order valence-corrected chi connectivity index (χ2v) is 8.11. The van der Waals surface area contributed by atoms with E-state index >= 15 is 0 Å². The quantitative estimate of drug-likeness (QED) is 0.362. The predicted molar refractivity (Wildman–Crippen MR) is 124 cm³/mol. The summed E-state index contributed by atoms with van der Waals surface area (Å²) in [5, 5.41) is 4.60. The molecule has 2 heterocycles. The molecule has 5 rings (SSSR count). The van der Waals surface area contributed by atoms with E-state index in [0.717, 1.165) is 29.4 Å². The van der Waals surface area contributed by atoms with Crippen molar-refractivity contribution in [2.45, 2.75) is 19.8 Å². The topological polar surface area (TPSA) is 52.7 Å². The third-order valence-corrected chi connectivity index (χ3v) is 5.54. The van der Waals surface area contributed by atoms with Crippen molar-refractivity contribution < 1.29 is 8.78 Å². The molecule has 33 heavy (non-hydrogen) atoms. The van der Waals surface area contributed by atoms with Crippen molar-refractivity contribution in [3.05, 3.63) is 107 Å². The second-order valence-electron chi connectivity index (χ2n) is 8.11. The minimum absolute atomic E-state index is 0.0577. The van der Waals surface area contributed by atoms with Crippen LogP contribution in [0, 0.1) is 11.6 Å². The summed E-state index contributed by atoms with van der Waals surface area (Å²) in [6, 6.07) is 20.0. The van der Waals surface area contributed by atoms with Crippen molar-refractivity contribution in [3.8, 4) is 22.8 Å². The number of hydrogen-bond acceptors (Lipinski definition) is 3. The van der Waals surface area contributed by atoms with E-state index in [0.29, 0.717) is 17.1 Å². The maximum absolute atomic E-state index is 14.1. The monoisotopic (exact) mass is 442 g/mol. The van der Waals surface area contributed by atoms with Crippen LogP contribution in [0.4, 0.5) is 8.78 Å². The second kappa shape index (κ2) is 8.09. The first-order valence-corrected chi connectivity index (χ1v) is 10.6. The molecule has 0 N–H and O–H groups in total. The van der Waals surface area contributed by atoms with Gasteiger partial charge in [0.15, 0.2) is 5.65 Å². The van der Waals surface area contributed by atoms with E-state index in [2.05, 4.69) is 18.9 Å². The van der Waals surface area contributed by atoms with Crippen LogP contribution in [0.3, 0.4) is 0 Å². The van der Waals surface area contributed by atoms with Crippen LogP contribution < -0.4 is 5.56 Å². The highest BCUT2D eigenvalue weighted by Crippen LogP contribution is 2.26. The maximum atomic E-state index is 14.1. The van der Waals surface area contributed by atoms with E-state index < -0.39 is 17.2 Å². The highest BCUT2D eigenvalue weighted by Gasteiger charge is 2.19. The van der Waals surface area contributed by atoms with E-state index in [1.165, 1.54) is 10.8 Å². The zero-order valence-electron chi connectivity index (χ0n) is 18.0. The van der Waals surface area contributed by atoms with Gasteiger partial charge in [-0.3, -0.25) is 9.36 Å². The number of rotatable bonds is 4. The number of benzene rings is 3. The minimum atomic E-state index is -0.780. The zero-order chi connectivity index (χ0) is 23.1. The first-order valence-electron chi connectivity index (χ1n) is 10.6. The molecule has 0 aliphatic rings. The van der Waals surface area contributed by atoms with Crippen molar-refractivity contribution >= 4 is 11.0 Å². The Hall–Kier alpha value is -4.13. The van der Waals surface area contributed by atoms with Crippen molar-refractivity contribution in [1.29, 1.82) is 0 Å². The molecule has 0 amide bonds. The molecule has 5 nitrogen and oxygen atoms in total.